The Balaban J connectivity index is 3.53. The molecule has 0 aromatic rings. The van der Waals surface area contributed by atoms with Crippen molar-refractivity contribution in [1.29, 1.82) is 0 Å². The van der Waals surface area contributed by atoms with Crippen LogP contribution in [0, 0.1) is 0 Å². The summed E-state index contributed by atoms with van der Waals surface area (Å²) in [6.07, 6.45) is 3.37. The molecule has 0 aliphatic heterocycles. The summed E-state index contributed by atoms with van der Waals surface area (Å²) in [5.41, 5.74) is 0. The molecule has 12 heavy (non-hydrogen) atoms. The molecule has 0 aromatic heterocycles. The second kappa shape index (κ2) is 5.78. The molecule has 3 nitrogen and oxygen atoms in total. The summed E-state index contributed by atoms with van der Waals surface area (Å²) < 4.78 is 26.0. The fourth-order valence-electron chi connectivity index (χ4n) is 0.873. The average molecular weight is 215 g/mol. The quantitative estimate of drug-likeness (QED) is 0.385. The van der Waals surface area contributed by atoms with Crippen molar-refractivity contribution in [3.8, 4) is 0 Å². The summed E-state index contributed by atoms with van der Waals surface area (Å²) in [5, 5.41) is 0. The fraction of sp³-hybridized carbons (Fsp3) is 1.00. The summed E-state index contributed by atoms with van der Waals surface area (Å²) >= 11 is 5.46. The van der Waals surface area contributed by atoms with Crippen LogP contribution in [0.15, 0.2) is 0 Å². The number of unbranched alkanes of at least 4 members (excludes halogenated alkanes) is 1. The van der Waals surface area contributed by atoms with Crippen molar-refractivity contribution in [2.45, 2.75) is 32.3 Å². The summed E-state index contributed by atoms with van der Waals surface area (Å²) in [7, 11) is -3.29. The highest BCUT2D eigenvalue weighted by Crippen LogP contribution is 2.07. The Kier molecular flexibility index (Phi) is 5.88. The standard InChI is InChI=1S/C7H15ClO3S/c1-7(5-3-4-6-8)11-12(2,9)10/h7H,3-6H2,1-2H3/t7-/m1/s1. The minimum Gasteiger partial charge on any atom is -0.267 e. The van der Waals surface area contributed by atoms with E-state index in [-0.39, 0.29) is 6.10 Å². The molecule has 0 heterocycles. The topological polar surface area (TPSA) is 43.4 Å². The minimum atomic E-state index is -3.29. The lowest BCUT2D eigenvalue weighted by Crippen LogP contribution is -2.13. The maximum atomic E-state index is 10.6. The molecule has 0 aliphatic carbocycles. The van der Waals surface area contributed by atoms with Crippen molar-refractivity contribution in [2.75, 3.05) is 12.1 Å². The molecule has 0 saturated heterocycles. The third-order valence-electron chi connectivity index (χ3n) is 1.33. The van der Waals surface area contributed by atoms with Crippen LogP contribution in [0.1, 0.15) is 26.2 Å². The van der Waals surface area contributed by atoms with E-state index in [2.05, 4.69) is 0 Å². The van der Waals surface area contributed by atoms with Crippen molar-refractivity contribution >= 4 is 21.7 Å². The van der Waals surface area contributed by atoms with E-state index in [1.165, 1.54) is 0 Å². The van der Waals surface area contributed by atoms with Crippen LogP contribution < -0.4 is 0 Å². The van der Waals surface area contributed by atoms with Crippen LogP contribution in [-0.4, -0.2) is 26.7 Å². The van der Waals surface area contributed by atoms with Gasteiger partial charge in [-0.25, -0.2) is 0 Å². The smallest absolute Gasteiger partial charge is 0.264 e. The molecule has 0 aliphatic rings. The average Bonchev–Trinajstić information content (AvgIpc) is 1.84. The van der Waals surface area contributed by atoms with Gasteiger partial charge in [0.15, 0.2) is 0 Å². The first-order valence-corrected chi connectivity index (χ1v) is 6.25. The number of hydrogen-bond donors (Lipinski definition) is 0. The Labute approximate surface area is 79.2 Å². The molecule has 0 radical (unpaired) electrons. The molecule has 0 fully saturated rings. The van der Waals surface area contributed by atoms with E-state index in [0.717, 1.165) is 25.5 Å². The molecule has 0 saturated carbocycles. The lowest BCUT2D eigenvalue weighted by atomic mass is 10.2. The Hall–Kier alpha value is 0.200. The third-order valence-corrected chi connectivity index (χ3v) is 2.28. The summed E-state index contributed by atoms with van der Waals surface area (Å²) in [6, 6.07) is 0. The Morgan fingerprint density at radius 2 is 2.00 bits per heavy atom. The second-order valence-corrected chi connectivity index (χ2v) is 4.77. The van der Waals surface area contributed by atoms with Crippen molar-refractivity contribution in [2.24, 2.45) is 0 Å². The van der Waals surface area contributed by atoms with Gasteiger partial charge in [-0.05, 0) is 26.2 Å². The summed E-state index contributed by atoms with van der Waals surface area (Å²) in [6.45, 7) is 1.75. The lowest BCUT2D eigenvalue weighted by Gasteiger charge is -2.09. The molecule has 0 unspecified atom stereocenters. The van der Waals surface area contributed by atoms with Crippen LogP contribution in [0.4, 0.5) is 0 Å². The van der Waals surface area contributed by atoms with Crippen molar-refractivity contribution in [3.63, 3.8) is 0 Å². The van der Waals surface area contributed by atoms with Crippen molar-refractivity contribution in [1.82, 2.24) is 0 Å². The van der Waals surface area contributed by atoms with Gasteiger partial charge in [-0.3, -0.25) is 4.18 Å². The van der Waals surface area contributed by atoms with Gasteiger partial charge in [0.25, 0.3) is 10.1 Å². The summed E-state index contributed by atoms with van der Waals surface area (Å²) in [5.74, 6) is 0.617. The Bertz CT molecular complexity index is 201. The first-order chi connectivity index (χ1) is 5.45. The van der Waals surface area contributed by atoms with Gasteiger partial charge in [0.2, 0.25) is 0 Å². The molecule has 0 rings (SSSR count). The highest BCUT2D eigenvalue weighted by molar-refractivity contribution is 7.86. The van der Waals surface area contributed by atoms with Crippen LogP contribution in [0.3, 0.4) is 0 Å². The zero-order chi connectivity index (χ0) is 9.61. The normalized spacial score (nSPS) is 14.6. The van der Waals surface area contributed by atoms with Crippen LogP contribution in [0.25, 0.3) is 0 Å². The fourth-order valence-corrected chi connectivity index (χ4v) is 1.75. The molecular formula is C7H15ClO3S. The van der Waals surface area contributed by atoms with Gasteiger partial charge in [0.1, 0.15) is 0 Å². The molecule has 1 atom stereocenters. The van der Waals surface area contributed by atoms with Gasteiger partial charge in [-0.2, -0.15) is 8.42 Å². The van der Waals surface area contributed by atoms with Gasteiger partial charge in [0.05, 0.1) is 12.4 Å². The van der Waals surface area contributed by atoms with Crippen molar-refractivity contribution in [3.05, 3.63) is 0 Å². The monoisotopic (exact) mass is 214 g/mol. The predicted octanol–water partition coefficient (Wildman–Crippen LogP) is 1.76. The molecule has 5 heteroatoms. The van der Waals surface area contributed by atoms with Crippen LogP contribution in [0.5, 0.6) is 0 Å². The minimum absolute atomic E-state index is 0.233. The van der Waals surface area contributed by atoms with E-state index in [4.69, 9.17) is 15.8 Å². The second-order valence-electron chi connectivity index (χ2n) is 2.80. The molecule has 0 bridgehead atoms. The number of alkyl halides is 1. The highest BCUT2D eigenvalue weighted by Gasteiger charge is 2.08. The van der Waals surface area contributed by atoms with Gasteiger partial charge >= 0.3 is 0 Å². The van der Waals surface area contributed by atoms with E-state index in [1.807, 2.05) is 0 Å². The maximum Gasteiger partial charge on any atom is 0.264 e. The molecule has 0 amide bonds. The van der Waals surface area contributed by atoms with E-state index in [1.54, 1.807) is 6.92 Å². The number of hydrogen-bond acceptors (Lipinski definition) is 3. The SMILES string of the molecule is C[C@H](CCCCCl)OS(C)(=O)=O. The largest absolute Gasteiger partial charge is 0.267 e. The first kappa shape index (κ1) is 12.2. The Morgan fingerprint density at radius 1 is 1.42 bits per heavy atom. The lowest BCUT2D eigenvalue weighted by molar-refractivity contribution is 0.217. The van der Waals surface area contributed by atoms with E-state index >= 15 is 0 Å². The summed E-state index contributed by atoms with van der Waals surface area (Å²) in [4.78, 5) is 0. The number of rotatable bonds is 6. The van der Waals surface area contributed by atoms with E-state index < -0.39 is 10.1 Å². The number of halogens is 1. The van der Waals surface area contributed by atoms with Gasteiger partial charge in [0, 0.05) is 5.88 Å². The third kappa shape index (κ3) is 8.30. The molecule has 0 aromatic carbocycles. The van der Waals surface area contributed by atoms with Crippen LogP contribution >= 0.6 is 11.6 Å². The predicted molar refractivity (Wildman–Crippen MR) is 50.0 cm³/mol. The molecular weight excluding hydrogens is 200 g/mol. The molecule has 74 valence electrons. The van der Waals surface area contributed by atoms with Crippen LogP contribution in [-0.2, 0) is 14.3 Å². The van der Waals surface area contributed by atoms with Gasteiger partial charge < -0.3 is 0 Å². The van der Waals surface area contributed by atoms with E-state index in [0.29, 0.717) is 5.88 Å². The zero-order valence-electron chi connectivity index (χ0n) is 7.42. The Morgan fingerprint density at radius 3 is 2.42 bits per heavy atom. The van der Waals surface area contributed by atoms with Crippen LogP contribution in [0.2, 0.25) is 0 Å². The maximum absolute atomic E-state index is 10.6. The molecule has 0 spiro atoms. The van der Waals surface area contributed by atoms with Gasteiger partial charge in [-0.1, -0.05) is 0 Å². The van der Waals surface area contributed by atoms with Crippen molar-refractivity contribution < 1.29 is 12.6 Å². The van der Waals surface area contributed by atoms with Gasteiger partial charge in [-0.15, -0.1) is 11.6 Å². The zero-order valence-corrected chi connectivity index (χ0v) is 8.99. The first-order valence-electron chi connectivity index (χ1n) is 3.90. The molecule has 0 N–H and O–H groups in total. The van der Waals surface area contributed by atoms with E-state index in [9.17, 15) is 8.42 Å². The highest BCUT2D eigenvalue weighted by atomic mass is 35.5.